The van der Waals surface area contributed by atoms with E-state index in [-0.39, 0.29) is 36.6 Å². The first-order chi connectivity index (χ1) is 17.3. The zero-order chi connectivity index (χ0) is 27.1. The summed E-state index contributed by atoms with van der Waals surface area (Å²) in [5, 5.41) is 0. The summed E-state index contributed by atoms with van der Waals surface area (Å²) in [4.78, 5) is 2.40. The molecule has 2 heterocycles. The van der Waals surface area contributed by atoms with Gasteiger partial charge in [0, 0.05) is 17.9 Å². The minimum Gasteiger partial charge on any atom is -0.399 e. The van der Waals surface area contributed by atoms with Crippen molar-refractivity contribution >= 4 is 36.5 Å². The molecule has 0 atom stereocenters. The predicted molar refractivity (Wildman–Crippen MR) is 155 cm³/mol. The summed E-state index contributed by atoms with van der Waals surface area (Å²) in [7, 11) is -0.701. The molecule has 2 aromatic carbocycles. The van der Waals surface area contributed by atoms with Crippen LogP contribution in [-0.2, 0) is 18.6 Å². The van der Waals surface area contributed by atoms with Crippen LogP contribution < -0.4 is 15.8 Å². The molecule has 2 saturated heterocycles. The summed E-state index contributed by atoms with van der Waals surface area (Å²) in [5.74, 6) is 0. The summed E-state index contributed by atoms with van der Waals surface area (Å²) in [5.41, 5.74) is 3.04. The minimum absolute atomic E-state index is 0.347. The average molecular weight is 505 g/mol. The van der Waals surface area contributed by atoms with Crippen LogP contribution in [0.2, 0.25) is 0 Å². The highest BCUT2D eigenvalue weighted by Gasteiger charge is 2.52. The van der Waals surface area contributed by atoms with Crippen LogP contribution in [-0.4, -0.2) is 43.2 Å². The molecule has 200 valence electrons. The Morgan fingerprint density at radius 1 is 0.541 bits per heavy atom. The molecule has 2 aliphatic heterocycles. The smallest absolute Gasteiger partial charge is 0.399 e. The van der Waals surface area contributed by atoms with E-state index < -0.39 is 0 Å². The molecule has 0 amide bonds. The molecule has 2 aliphatic rings. The lowest BCUT2D eigenvalue weighted by Gasteiger charge is -2.32. The maximum absolute atomic E-state index is 6.26. The van der Waals surface area contributed by atoms with E-state index >= 15 is 0 Å². The molecule has 0 spiro atoms. The number of rotatable bonds is 9. The van der Waals surface area contributed by atoms with E-state index in [4.69, 9.17) is 18.6 Å². The summed E-state index contributed by atoms with van der Waals surface area (Å²) in [6.07, 6.45) is 4.86. The van der Waals surface area contributed by atoms with Gasteiger partial charge in [-0.3, -0.25) is 0 Å². The SMILES string of the molecule is CCCCCCN(c1ccc(B2OC(C)(C)C(C)(C)O2)cc1)c1ccc(B2OC(C)(C)C(C)(C)O2)cc1. The van der Waals surface area contributed by atoms with Crippen LogP contribution in [0.5, 0.6) is 0 Å². The van der Waals surface area contributed by atoms with Crippen molar-refractivity contribution in [2.75, 3.05) is 11.4 Å². The van der Waals surface area contributed by atoms with Crippen molar-refractivity contribution in [3.05, 3.63) is 48.5 Å². The Hall–Kier alpha value is -1.79. The van der Waals surface area contributed by atoms with Gasteiger partial charge in [0.05, 0.1) is 22.4 Å². The highest BCUT2D eigenvalue weighted by atomic mass is 16.7. The van der Waals surface area contributed by atoms with Crippen LogP contribution >= 0.6 is 0 Å². The summed E-state index contributed by atoms with van der Waals surface area (Å²) < 4.78 is 25.0. The third-order valence-electron chi connectivity index (χ3n) is 8.70. The lowest BCUT2D eigenvalue weighted by molar-refractivity contribution is 0.00578. The molecular formula is C30H45B2NO4. The van der Waals surface area contributed by atoms with E-state index in [2.05, 4.69) is 116 Å². The lowest BCUT2D eigenvalue weighted by atomic mass is 9.79. The van der Waals surface area contributed by atoms with Crippen LogP contribution in [0.4, 0.5) is 11.4 Å². The molecule has 37 heavy (non-hydrogen) atoms. The van der Waals surface area contributed by atoms with Crippen molar-refractivity contribution in [3.63, 3.8) is 0 Å². The summed E-state index contributed by atoms with van der Waals surface area (Å²) in [6, 6.07) is 17.3. The van der Waals surface area contributed by atoms with Gasteiger partial charge in [-0.05, 0) is 97.0 Å². The van der Waals surface area contributed by atoms with Gasteiger partial charge in [-0.2, -0.15) is 0 Å². The Labute approximate surface area is 225 Å². The van der Waals surface area contributed by atoms with Crippen LogP contribution in [0, 0.1) is 0 Å². The van der Waals surface area contributed by atoms with Crippen molar-refractivity contribution < 1.29 is 18.6 Å². The first kappa shape index (κ1) is 28.2. The quantitative estimate of drug-likeness (QED) is 0.309. The first-order valence-corrected chi connectivity index (χ1v) is 13.9. The Morgan fingerprint density at radius 3 is 1.22 bits per heavy atom. The van der Waals surface area contributed by atoms with Gasteiger partial charge in [-0.25, -0.2) is 0 Å². The van der Waals surface area contributed by atoms with E-state index in [1.54, 1.807) is 0 Å². The molecule has 0 saturated carbocycles. The Bertz CT molecular complexity index is 939. The fourth-order valence-corrected chi connectivity index (χ4v) is 4.69. The number of hydrogen-bond acceptors (Lipinski definition) is 5. The van der Waals surface area contributed by atoms with E-state index in [9.17, 15) is 0 Å². The highest BCUT2D eigenvalue weighted by Crippen LogP contribution is 2.38. The largest absolute Gasteiger partial charge is 0.494 e. The second-order valence-electron chi connectivity index (χ2n) is 12.6. The van der Waals surface area contributed by atoms with Gasteiger partial charge >= 0.3 is 14.2 Å². The molecule has 0 radical (unpaired) electrons. The molecule has 4 rings (SSSR count). The van der Waals surface area contributed by atoms with Gasteiger partial charge in [-0.15, -0.1) is 0 Å². The highest BCUT2D eigenvalue weighted by molar-refractivity contribution is 6.62. The van der Waals surface area contributed by atoms with Crippen molar-refractivity contribution in [1.29, 1.82) is 0 Å². The second kappa shape index (κ2) is 10.4. The topological polar surface area (TPSA) is 40.2 Å². The van der Waals surface area contributed by atoms with Gasteiger partial charge in [0.15, 0.2) is 0 Å². The first-order valence-electron chi connectivity index (χ1n) is 13.9. The van der Waals surface area contributed by atoms with Crippen LogP contribution in [0.25, 0.3) is 0 Å². The average Bonchev–Trinajstić information content (AvgIpc) is 3.19. The molecule has 2 aromatic rings. The monoisotopic (exact) mass is 505 g/mol. The normalized spacial score (nSPS) is 21.4. The van der Waals surface area contributed by atoms with Gasteiger partial charge < -0.3 is 23.5 Å². The standard InChI is InChI=1S/C30H45B2NO4/c1-10-11-12-13-22-33(25-18-14-23(15-19-25)31-34-27(2,3)28(4,5)35-31)26-20-16-24(17-21-26)32-36-29(6,7)30(8,9)37-32/h14-21H,10-13,22H2,1-9H3. The van der Waals surface area contributed by atoms with Crippen molar-refractivity contribution in [2.45, 2.75) is 110 Å². The molecule has 2 fully saturated rings. The van der Waals surface area contributed by atoms with Crippen LogP contribution in [0.15, 0.2) is 48.5 Å². The number of nitrogens with zero attached hydrogens (tertiary/aromatic N) is 1. The zero-order valence-electron chi connectivity index (χ0n) is 24.4. The van der Waals surface area contributed by atoms with E-state index in [0.29, 0.717) is 0 Å². The van der Waals surface area contributed by atoms with Crippen LogP contribution in [0.3, 0.4) is 0 Å². The Kier molecular flexibility index (Phi) is 7.94. The van der Waals surface area contributed by atoms with Crippen LogP contribution in [0.1, 0.15) is 88.0 Å². The Morgan fingerprint density at radius 2 is 0.892 bits per heavy atom. The van der Waals surface area contributed by atoms with Gasteiger partial charge in [0.25, 0.3) is 0 Å². The fourth-order valence-electron chi connectivity index (χ4n) is 4.69. The van der Waals surface area contributed by atoms with Crippen molar-refractivity contribution in [1.82, 2.24) is 0 Å². The van der Waals surface area contributed by atoms with E-state index in [1.165, 1.54) is 30.6 Å². The van der Waals surface area contributed by atoms with Gasteiger partial charge in [-0.1, -0.05) is 50.5 Å². The van der Waals surface area contributed by atoms with Gasteiger partial charge in [0.2, 0.25) is 0 Å². The molecule has 0 aromatic heterocycles. The summed E-state index contributed by atoms with van der Waals surface area (Å²) >= 11 is 0. The second-order valence-corrected chi connectivity index (χ2v) is 12.6. The predicted octanol–water partition coefficient (Wildman–Crippen LogP) is 6.00. The molecule has 0 unspecified atom stereocenters. The van der Waals surface area contributed by atoms with Gasteiger partial charge in [0.1, 0.15) is 0 Å². The molecule has 0 N–H and O–H groups in total. The number of benzene rings is 2. The minimum atomic E-state index is -0.351. The van der Waals surface area contributed by atoms with E-state index in [0.717, 1.165) is 23.9 Å². The molecule has 0 aliphatic carbocycles. The summed E-state index contributed by atoms with van der Waals surface area (Å²) in [6.45, 7) is 19.9. The molecule has 7 heteroatoms. The maximum Gasteiger partial charge on any atom is 0.494 e. The molecule has 5 nitrogen and oxygen atoms in total. The number of unbranched alkanes of at least 4 members (excludes halogenated alkanes) is 3. The molecular weight excluding hydrogens is 460 g/mol. The lowest BCUT2D eigenvalue weighted by Crippen LogP contribution is -2.41. The fraction of sp³-hybridized carbons (Fsp3) is 0.600. The third kappa shape index (κ3) is 5.80. The molecule has 0 bridgehead atoms. The maximum atomic E-state index is 6.26. The third-order valence-corrected chi connectivity index (χ3v) is 8.70. The van der Waals surface area contributed by atoms with Crippen molar-refractivity contribution in [3.8, 4) is 0 Å². The zero-order valence-corrected chi connectivity index (χ0v) is 24.4. The Balaban J connectivity index is 1.53. The number of hydrogen-bond donors (Lipinski definition) is 0. The van der Waals surface area contributed by atoms with Crippen molar-refractivity contribution in [2.24, 2.45) is 0 Å². The van der Waals surface area contributed by atoms with E-state index in [1.807, 2.05) is 0 Å². The number of anilines is 2.